The van der Waals surface area contributed by atoms with E-state index < -0.39 is 0 Å². The fraction of sp³-hybridized carbons (Fsp3) is 0.500. The van der Waals surface area contributed by atoms with Gasteiger partial charge in [-0.25, -0.2) is 0 Å². The Kier molecular flexibility index (Phi) is 17.5. The molecule has 1 radical (unpaired) electrons. The van der Waals surface area contributed by atoms with Gasteiger partial charge in [-0.3, -0.25) is 14.9 Å². The maximum atomic E-state index is 11.0. The Bertz CT molecular complexity index is 513. The van der Waals surface area contributed by atoms with Gasteiger partial charge in [0, 0.05) is 6.42 Å². The third kappa shape index (κ3) is 16.6. The second kappa shape index (κ2) is 19.1. The third-order valence-corrected chi connectivity index (χ3v) is 3.65. The molecule has 4 nitrogen and oxygen atoms in total. The Hall–Kier alpha value is -2.23. The van der Waals surface area contributed by atoms with E-state index in [-0.39, 0.29) is 10.6 Å². The number of unbranched alkanes of at least 4 members (excludes halogenated alkanes) is 4. The zero-order valence-corrected chi connectivity index (χ0v) is 15.9. The van der Waals surface area contributed by atoms with Crippen LogP contribution in [0.3, 0.4) is 0 Å². The van der Waals surface area contributed by atoms with E-state index in [2.05, 4.69) is 19.1 Å². The minimum absolute atomic E-state index is 0.223. The molecule has 0 N–H and O–H groups in total. The summed E-state index contributed by atoms with van der Waals surface area (Å²) in [6, 6.07) is 0. The first-order chi connectivity index (χ1) is 12.7. The number of rotatable bonds is 16. The van der Waals surface area contributed by atoms with Crippen LogP contribution in [0.5, 0.6) is 0 Å². The molecular formula is C22H32NO3. The molecule has 0 heterocycles. The van der Waals surface area contributed by atoms with E-state index in [1.165, 1.54) is 19.3 Å². The predicted octanol–water partition coefficient (Wildman–Crippen LogP) is 6.40. The Morgan fingerprint density at radius 2 is 1.50 bits per heavy atom. The second-order valence-electron chi connectivity index (χ2n) is 5.93. The largest absolute Gasteiger partial charge is 0.291 e. The van der Waals surface area contributed by atoms with Crippen LogP contribution in [0.25, 0.3) is 0 Å². The Morgan fingerprint density at radius 1 is 0.885 bits per heavy atom. The molecule has 0 aliphatic carbocycles. The van der Waals surface area contributed by atoms with Gasteiger partial charge in [0.05, 0.1) is 11.3 Å². The van der Waals surface area contributed by atoms with Crippen LogP contribution in [0.4, 0.5) is 0 Å². The molecule has 0 aromatic carbocycles. The van der Waals surface area contributed by atoms with E-state index in [4.69, 9.17) is 0 Å². The summed E-state index contributed by atoms with van der Waals surface area (Å²) < 4.78 is 0. The van der Waals surface area contributed by atoms with Crippen LogP contribution in [0, 0.1) is 10.1 Å². The maximum absolute atomic E-state index is 11.0. The number of nitrogens with zero attached hydrogens (tertiary/aromatic N) is 1. The lowest BCUT2D eigenvalue weighted by Crippen LogP contribution is -1.97. The molecule has 0 aliphatic rings. The first-order valence-corrected chi connectivity index (χ1v) is 9.50. The molecule has 143 valence electrons. The lowest BCUT2D eigenvalue weighted by molar-refractivity contribution is -0.427. The third-order valence-electron chi connectivity index (χ3n) is 3.65. The van der Waals surface area contributed by atoms with E-state index in [0.29, 0.717) is 32.1 Å². The first kappa shape index (κ1) is 23.8. The van der Waals surface area contributed by atoms with Crippen LogP contribution in [-0.2, 0) is 4.79 Å². The van der Waals surface area contributed by atoms with Crippen LogP contribution in [0.2, 0.25) is 0 Å². The van der Waals surface area contributed by atoms with E-state index in [1.54, 1.807) is 6.08 Å². The molecule has 4 heteroatoms. The van der Waals surface area contributed by atoms with E-state index in [9.17, 15) is 14.9 Å². The fourth-order valence-corrected chi connectivity index (χ4v) is 2.17. The molecule has 0 spiro atoms. The molecule has 0 aromatic rings. The van der Waals surface area contributed by atoms with Crippen LogP contribution < -0.4 is 0 Å². The van der Waals surface area contributed by atoms with Crippen molar-refractivity contribution in [2.45, 2.75) is 71.1 Å². The van der Waals surface area contributed by atoms with Gasteiger partial charge < -0.3 is 0 Å². The highest BCUT2D eigenvalue weighted by Gasteiger charge is 2.06. The average Bonchev–Trinajstić information content (AvgIpc) is 2.63. The summed E-state index contributed by atoms with van der Waals surface area (Å²) in [6.45, 7) is 2.20. The molecule has 0 fully saturated rings. The summed E-state index contributed by atoms with van der Waals surface area (Å²) in [6.07, 6.45) is 27.9. The van der Waals surface area contributed by atoms with Crippen molar-refractivity contribution in [3.63, 3.8) is 0 Å². The summed E-state index contributed by atoms with van der Waals surface area (Å²) in [7, 11) is 0. The van der Waals surface area contributed by atoms with Crippen molar-refractivity contribution in [3.8, 4) is 0 Å². The van der Waals surface area contributed by atoms with Crippen molar-refractivity contribution in [1.82, 2.24) is 0 Å². The second-order valence-corrected chi connectivity index (χ2v) is 5.93. The van der Waals surface area contributed by atoms with Gasteiger partial charge in [0.2, 0.25) is 5.70 Å². The molecule has 0 aromatic heterocycles. The van der Waals surface area contributed by atoms with Crippen molar-refractivity contribution in [1.29, 1.82) is 0 Å². The van der Waals surface area contributed by atoms with Crippen LogP contribution in [0.1, 0.15) is 71.1 Å². The number of nitro groups is 1. The number of allylic oxidation sites excluding steroid dienone is 9. The highest BCUT2D eigenvalue weighted by Crippen LogP contribution is 2.07. The standard InChI is InChI=1S/C22H32NO3/c1-2-3-4-5-6-7-8-10-13-16-19-22(23(25)26)20-17-14-11-9-12-15-18-21-24/h6-7,9-10,12-14,17,19H,2-5,8,11,15-16,18,20H2,1H3/b7-6-,12-9-,13-10-,17-14-,22-19+. The van der Waals surface area contributed by atoms with Gasteiger partial charge in [-0.2, -0.15) is 0 Å². The molecule has 0 amide bonds. The SMILES string of the molecule is CCCCC/C=C\C/C=C\C/C=C(\C/C=C\C/C=C\CC[C]=O)[N+](=O)[O-]. The van der Waals surface area contributed by atoms with Crippen molar-refractivity contribution in [2.75, 3.05) is 0 Å². The molecule has 0 atom stereocenters. The van der Waals surface area contributed by atoms with E-state index in [0.717, 1.165) is 12.8 Å². The Balaban J connectivity index is 4.05. The van der Waals surface area contributed by atoms with Gasteiger partial charge >= 0.3 is 0 Å². The lowest BCUT2D eigenvalue weighted by Gasteiger charge is -1.93. The number of carbonyl (C=O) groups excluding carboxylic acids is 1. The molecule has 0 saturated heterocycles. The van der Waals surface area contributed by atoms with Crippen molar-refractivity contribution < 1.29 is 9.72 Å². The topological polar surface area (TPSA) is 60.2 Å². The van der Waals surface area contributed by atoms with Gasteiger partial charge in [-0.05, 0) is 44.6 Å². The highest BCUT2D eigenvalue weighted by atomic mass is 16.6. The van der Waals surface area contributed by atoms with Crippen LogP contribution in [-0.4, -0.2) is 11.2 Å². The summed E-state index contributed by atoms with van der Waals surface area (Å²) in [5.41, 5.74) is 0.223. The van der Waals surface area contributed by atoms with Crippen LogP contribution >= 0.6 is 0 Å². The van der Waals surface area contributed by atoms with Crippen molar-refractivity contribution >= 4 is 6.29 Å². The fourth-order valence-electron chi connectivity index (χ4n) is 2.17. The van der Waals surface area contributed by atoms with Crippen molar-refractivity contribution in [3.05, 3.63) is 70.5 Å². The van der Waals surface area contributed by atoms with Gasteiger partial charge in [-0.15, -0.1) is 0 Å². The average molecular weight is 359 g/mol. The molecular weight excluding hydrogens is 326 g/mol. The van der Waals surface area contributed by atoms with Crippen LogP contribution in [0.15, 0.2) is 60.4 Å². The molecule has 26 heavy (non-hydrogen) atoms. The van der Waals surface area contributed by atoms with E-state index >= 15 is 0 Å². The highest BCUT2D eigenvalue weighted by molar-refractivity contribution is 5.50. The summed E-state index contributed by atoms with van der Waals surface area (Å²) >= 11 is 0. The minimum Gasteiger partial charge on any atom is -0.291 e. The lowest BCUT2D eigenvalue weighted by atomic mass is 10.2. The molecule has 0 unspecified atom stereocenters. The zero-order valence-electron chi connectivity index (χ0n) is 15.9. The smallest absolute Gasteiger partial charge is 0.246 e. The molecule has 0 bridgehead atoms. The number of hydrogen-bond acceptors (Lipinski definition) is 3. The monoisotopic (exact) mass is 358 g/mol. The summed E-state index contributed by atoms with van der Waals surface area (Å²) in [5.74, 6) is 0. The minimum atomic E-state index is -0.318. The molecule has 0 rings (SSSR count). The molecule has 0 aliphatic heterocycles. The summed E-state index contributed by atoms with van der Waals surface area (Å²) in [4.78, 5) is 20.8. The Labute approximate surface area is 158 Å². The summed E-state index contributed by atoms with van der Waals surface area (Å²) in [5, 5.41) is 11.0. The van der Waals surface area contributed by atoms with Crippen molar-refractivity contribution in [2.24, 2.45) is 0 Å². The quantitative estimate of drug-likeness (QED) is 0.139. The van der Waals surface area contributed by atoms with E-state index in [1.807, 2.05) is 42.7 Å². The molecule has 0 saturated carbocycles. The van der Waals surface area contributed by atoms with Gasteiger partial charge in [-0.1, -0.05) is 68.4 Å². The Morgan fingerprint density at radius 3 is 2.15 bits per heavy atom. The zero-order chi connectivity index (χ0) is 19.3. The van der Waals surface area contributed by atoms with Gasteiger partial charge in [0.1, 0.15) is 0 Å². The predicted molar refractivity (Wildman–Crippen MR) is 109 cm³/mol. The van der Waals surface area contributed by atoms with Gasteiger partial charge in [0.15, 0.2) is 6.29 Å². The first-order valence-electron chi connectivity index (χ1n) is 9.50. The van der Waals surface area contributed by atoms with Gasteiger partial charge in [0.25, 0.3) is 0 Å². The maximum Gasteiger partial charge on any atom is 0.246 e. The normalized spacial score (nSPS) is 12.9. The number of hydrogen-bond donors (Lipinski definition) is 0.